The maximum Gasteiger partial charge on any atom is 0.287 e. The van der Waals surface area contributed by atoms with Crippen molar-refractivity contribution in [3.05, 3.63) is 59.3 Å². The van der Waals surface area contributed by atoms with E-state index in [1.165, 1.54) is 12.1 Å². The molecule has 1 unspecified atom stereocenters. The fraction of sp³-hybridized carbons (Fsp3) is 0.421. The van der Waals surface area contributed by atoms with E-state index in [-0.39, 0.29) is 23.5 Å². The Morgan fingerprint density at radius 1 is 1.23 bits per heavy atom. The molecule has 1 atom stereocenters. The number of hydrogen-bond acceptors (Lipinski definition) is 5. The highest BCUT2D eigenvalue weighted by molar-refractivity contribution is 5.91. The second-order valence-corrected chi connectivity index (χ2v) is 6.12. The minimum absolute atomic E-state index is 0.0585. The van der Waals surface area contributed by atoms with Crippen molar-refractivity contribution >= 4 is 5.91 Å². The second kappa shape index (κ2) is 8.93. The molecule has 2 aromatic rings. The fourth-order valence-electron chi connectivity index (χ4n) is 3.03. The number of rotatable bonds is 7. The third kappa shape index (κ3) is 4.69. The summed E-state index contributed by atoms with van der Waals surface area (Å²) in [7, 11) is 1.57. The Morgan fingerprint density at radius 2 is 1.96 bits per heavy atom. The fourth-order valence-corrected chi connectivity index (χ4v) is 3.03. The van der Waals surface area contributed by atoms with Crippen molar-refractivity contribution in [2.45, 2.75) is 12.6 Å². The van der Waals surface area contributed by atoms with E-state index in [4.69, 9.17) is 13.9 Å². The van der Waals surface area contributed by atoms with Gasteiger partial charge in [0.25, 0.3) is 5.91 Å². The van der Waals surface area contributed by atoms with Crippen molar-refractivity contribution in [2.75, 3.05) is 40.0 Å². The lowest BCUT2D eigenvalue weighted by molar-refractivity contribution is 0.0161. The Morgan fingerprint density at radius 3 is 2.65 bits per heavy atom. The molecule has 0 radical (unpaired) electrons. The molecule has 1 fully saturated rings. The average molecular weight is 362 g/mol. The number of carbonyl (C=O) groups is 1. The van der Waals surface area contributed by atoms with Gasteiger partial charge in [0.05, 0.1) is 19.3 Å². The van der Waals surface area contributed by atoms with Crippen LogP contribution in [0.25, 0.3) is 0 Å². The monoisotopic (exact) mass is 362 g/mol. The Hall–Kier alpha value is -2.22. The summed E-state index contributed by atoms with van der Waals surface area (Å²) in [6.45, 7) is 3.52. The number of methoxy groups -OCH3 is 1. The van der Waals surface area contributed by atoms with E-state index in [1.54, 1.807) is 31.4 Å². The number of benzene rings is 1. The zero-order valence-electron chi connectivity index (χ0n) is 14.7. The predicted octanol–water partition coefficient (Wildman–Crippen LogP) is 2.37. The SMILES string of the molecule is COCc1ccc(C(=O)NCC(c2ccc(F)cc2)N2CCOCC2)o1. The predicted molar refractivity (Wildman–Crippen MR) is 93.3 cm³/mol. The molecular weight excluding hydrogens is 339 g/mol. The van der Waals surface area contributed by atoms with Gasteiger partial charge < -0.3 is 19.2 Å². The molecule has 1 amide bonds. The number of halogens is 1. The van der Waals surface area contributed by atoms with Gasteiger partial charge in [-0.1, -0.05) is 12.1 Å². The lowest BCUT2D eigenvalue weighted by Crippen LogP contribution is -2.43. The molecule has 0 bridgehead atoms. The molecule has 26 heavy (non-hydrogen) atoms. The van der Waals surface area contributed by atoms with Gasteiger partial charge in [-0.2, -0.15) is 0 Å². The molecule has 140 valence electrons. The van der Waals surface area contributed by atoms with Crippen molar-refractivity contribution in [2.24, 2.45) is 0 Å². The van der Waals surface area contributed by atoms with Crippen molar-refractivity contribution < 1.29 is 23.1 Å². The zero-order valence-corrected chi connectivity index (χ0v) is 14.7. The highest BCUT2D eigenvalue weighted by Gasteiger charge is 2.24. The van der Waals surface area contributed by atoms with Gasteiger partial charge in [0.15, 0.2) is 5.76 Å². The van der Waals surface area contributed by atoms with Crippen molar-refractivity contribution in [1.29, 1.82) is 0 Å². The number of morpholine rings is 1. The first-order valence-electron chi connectivity index (χ1n) is 8.60. The smallest absolute Gasteiger partial charge is 0.287 e. The maximum atomic E-state index is 13.3. The lowest BCUT2D eigenvalue weighted by Gasteiger charge is -2.34. The largest absolute Gasteiger partial charge is 0.453 e. The lowest BCUT2D eigenvalue weighted by atomic mass is 10.0. The number of hydrogen-bond donors (Lipinski definition) is 1. The molecule has 1 aromatic heterocycles. The van der Waals surface area contributed by atoms with Crippen LogP contribution in [0.2, 0.25) is 0 Å². The maximum absolute atomic E-state index is 13.3. The van der Waals surface area contributed by atoms with Crippen LogP contribution in [0.5, 0.6) is 0 Å². The Kier molecular flexibility index (Phi) is 6.38. The van der Waals surface area contributed by atoms with E-state index in [0.717, 1.165) is 18.7 Å². The van der Waals surface area contributed by atoms with Crippen molar-refractivity contribution in [3.63, 3.8) is 0 Å². The average Bonchev–Trinajstić information content (AvgIpc) is 3.13. The van der Waals surface area contributed by atoms with Gasteiger partial charge in [-0.25, -0.2) is 4.39 Å². The molecule has 7 heteroatoms. The highest BCUT2D eigenvalue weighted by atomic mass is 19.1. The van der Waals surface area contributed by atoms with Crippen LogP contribution in [-0.2, 0) is 16.1 Å². The molecular formula is C19H23FN2O4. The van der Waals surface area contributed by atoms with E-state index in [1.807, 2.05) is 0 Å². The first-order chi connectivity index (χ1) is 12.7. The third-order valence-corrected chi connectivity index (χ3v) is 4.37. The van der Waals surface area contributed by atoms with E-state index in [0.29, 0.717) is 32.1 Å². The van der Waals surface area contributed by atoms with E-state index >= 15 is 0 Å². The van der Waals surface area contributed by atoms with Gasteiger partial charge in [0.1, 0.15) is 18.2 Å². The van der Waals surface area contributed by atoms with Crippen LogP contribution in [0, 0.1) is 5.82 Å². The van der Waals surface area contributed by atoms with E-state index in [2.05, 4.69) is 10.2 Å². The Labute approximate surface area is 151 Å². The standard InChI is InChI=1S/C19H23FN2O4/c1-24-13-16-6-7-18(26-16)19(23)21-12-17(22-8-10-25-11-9-22)14-2-4-15(20)5-3-14/h2-7,17H,8-13H2,1H3,(H,21,23). The quantitative estimate of drug-likeness (QED) is 0.819. The van der Waals surface area contributed by atoms with Crippen LogP contribution in [0.4, 0.5) is 4.39 Å². The van der Waals surface area contributed by atoms with E-state index < -0.39 is 0 Å². The van der Waals surface area contributed by atoms with Gasteiger partial charge in [-0.3, -0.25) is 9.69 Å². The number of nitrogens with one attached hydrogen (secondary N) is 1. The third-order valence-electron chi connectivity index (χ3n) is 4.37. The Balaban J connectivity index is 1.68. The molecule has 1 saturated heterocycles. The molecule has 3 rings (SSSR count). The summed E-state index contributed by atoms with van der Waals surface area (Å²) >= 11 is 0. The normalized spacial score (nSPS) is 16.4. The number of carbonyl (C=O) groups excluding carboxylic acids is 1. The van der Waals surface area contributed by atoms with Crippen LogP contribution < -0.4 is 5.32 Å². The van der Waals surface area contributed by atoms with Crippen LogP contribution in [0.1, 0.15) is 27.9 Å². The molecule has 6 nitrogen and oxygen atoms in total. The molecule has 0 spiro atoms. The van der Waals surface area contributed by atoms with Gasteiger partial charge in [-0.15, -0.1) is 0 Å². The first kappa shape index (κ1) is 18.6. The number of furan rings is 1. The number of nitrogens with zero attached hydrogens (tertiary/aromatic N) is 1. The van der Waals surface area contributed by atoms with Crippen molar-refractivity contribution in [1.82, 2.24) is 10.2 Å². The topological polar surface area (TPSA) is 63.9 Å². The molecule has 0 saturated carbocycles. The van der Waals surface area contributed by atoms with Crippen LogP contribution in [-0.4, -0.2) is 50.8 Å². The molecule has 0 aliphatic carbocycles. The first-order valence-corrected chi connectivity index (χ1v) is 8.60. The van der Waals surface area contributed by atoms with Gasteiger partial charge >= 0.3 is 0 Å². The molecule has 1 aliphatic rings. The Bertz CT molecular complexity index is 711. The summed E-state index contributed by atoms with van der Waals surface area (Å²) < 4.78 is 29.1. The van der Waals surface area contributed by atoms with Crippen LogP contribution in [0.15, 0.2) is 40.8 Å². The van der Waals surface area contributed by atoms with Gasteiger partial charge in [-0.05, 0) is 29.8 Å². The number of ether oxygens (including phenoxy) is 2. The molecule has 1 aromatic carbocycles. The summed E-state index contributed by atoms with van der Waals surface area (Å²) in [6, 6.07) is 9.68. The summed E-state index contributed by atoms with van der Waals surface area (Å²) in [5.41, 5.74) is 0.952. The van der Waals surface area contributed by atoms with Crippen molar-refractivity contribution in [3.8, 4) is 0 Å². The minimum atomic E-state index is -0.285. The van der Waals surface area contributed by atoms with Gasteiger partial charge in [0.2, 0.25) is 0 Å². The summed E-state index contributed by atoms with van der Waals surface area (Å²) in [6.07, 6.45) is 0. The zero-order chi connectivity index (χ0) is 18.4. The summed E-state index contributed by atoms with van der Waals surface area (Å²) in [4.78, 5) is 14.6. The highest BCUT2D eigenvalue weighted by Crippen LogP contribution is 2.22. The number of amides is 1. The molecule has 2 heterocycles. The summed E-state index contributed by atoms with van der Waals surface area (Å²) in [5, 5.41) is 2.92. The second-order valence-electron chi connectivity index (χ2n) is 6.12. The molecule has 1 N–H and O–H groups in total. The van der Waals surface area contributed by atoms with Crippen LogP contribution in [0.3, 0.4) is 0 Å². The molecule has 1 aliphatic heterocycles. The van der Waals surface area contributed by atoms with Gasteiger partial charge in [0, 0.05) is 26.7 Å². The van der Waals surface area contributed by atoms with Crippen LogP contribution >= 0.6 is 0 Å². The van der Waals surface area contributed by atoms with E-state index in [9.17, 15) is 9.18 Å². The summed E-state index contributed by atoms with van der Waals surface area (Å²) in [5.74, 6) is 0.283. The minimum Gasteiger partial charge on any atom is -0.453 e.